The van der Waals surface area contributed by atoms with Gasteiger partial charge in [-0.1, -0.05) is 32.4 Å². The van der Waals surface area contributed by atoms with Crippen molar-refractivity contribution in [1.82, 2.24) is 0 Å². The molecule has 0 heteroatoms. The summed E-state index contributed by atoms with van der Waals surface area (Å²) in [5, 5.41) is 0. The van der Waals surface area contributed by atoms with Crippen LogP contribution in [-0.4, -0.2) is 0 Å². The molecule has 3 aliphatic carbocycles. The van der Waals surface area contributed by atoms with E-state index in [-0.39, 0.29) is 0 Å². The monoisotopic (exact) mass is 190 g/mol. The van der Waals surface area contributed by atoms with Crippen LogP contribution in [0.5, 0.6) is 0 Å². The normalized spacial score (nSPS) is 55.9. The molecule has 3 aliphatic rings. The molecule has 0 spiro atoms. The fourth-order valence-electron chi connectivity index (χ4n) is 4.67. The highest BCUT2D eigenvalue weighted by atomic mass is 14.5. The molecular formula is C14H22. The first-order valence-corrected chi connectivity index (χ1v) is 6.45. The SMILES string of the molecule is CC1CCC2CCC3C=C[C@@H](C)C1C32. The van der Waals surface area contributed by atoms with E-state index in [0.29, 0.717) is 0 Å². The van der Waals surface area contributed by atoms with Crippen LogP contribution in [0.2, 0.25) is 0 Å². The molecule has 2 fully saturated rings. The van der Waals surface area contributed by atoms with Crippen molar-refractivity contribution < 1.29 is 0 Å². The Morgan fingerprint density at radius 2 is 1.64 bits per heavy atom. The molecule has 0 aliphatic heterocycles. The Bertz CT molecular complexity index is 253. The summed E-state index contributed by atoms with van der Waals surface area (Å²) < 4.78 is 0. The van der Waals surface area contributed by atoms with Crippen molar-refractivity contribution in [3.63, 3.8) is 0 Å². The van der Waals surface area contributed by atoms with E-state index in [1.54, 1.807) is 0 Å². The van der Waals surface area contributed by atoms with E-state index in [1.807, 2.05) is 0 Å². The molecule has 0 amide bonds. The molecule has 0 bridgehead atoms. The minimum Gasteiger partial charge on any atom is -0.0851 e. The molecule has 0 saturated heterocycles. The molecule has 0 radical (unpaired) electrons. The summed E-state index contributed by atoms with van der Waals surface area (Å²) >= 11 is 0. The van der Waals surface area contributed by atoms with E-state index < -0.39 is 0 Å². The van der Waals surface area contributed by atoms with E-state index in [4.69, 9.17) is 0 Å². The molecule has 3 rings (SSSR count). The molecule has 0 aromatic carbocycles. The van der Waals surface area contributed by atoms with Gasteiger partial charge in [0.15, 0.2) is 0 Å². The van der Waals surface area contributed by atoms with Crippen LogP contribution in [-0.2, 0) is 0 Å². The van der Waals surface area contributed by atoms with E-state index >= 15 is 0 Å². The Balaban J connectivity index is 1.95. The zero-order chi connectivity index (χ0) is 9.71. The summed E-state index contributed by atoms with van der Waals surface area (Å²) in [6.07, 6.45) is 11.1. The fourth-order valence-corrected chi connectivity index (χ4v) is 4.67. The van der Waals surface area contributed by atoms with Gasteiger partial charge < -0.3 is 0 Å². The lowest BCUT2D eigenvalue weighted by atomic mass is 9.60. The van der Waals surface area contributed by atoms with E-state index in [0.717, 1.165) is 35.5 Å². The summed E-state index contributed by atoms with van der Waals surface area (Å²) in [5.74, 6) is 5.98. The van der Waals surface area contributed by atoms with Crippen LogP contribution in [0.15, 0.2) is 12.2 Å². The summed E-state index contributed by atoms with van der Waals surface area (Å²) in [4.78, 5) is 0. The molecule has 0 aromatic rings. The molecule has 6 atom stereocenters. The quantitative estimate of drug-likeness (QED) is 0.508. The van der Waals surface area contributed by atoms with Crippen molar-refractivity contribution in [3.8, 4) is 0 Å². The second-order valence-electron chi connectivity index (χ2n) is 5.95. The van der Waals surface area contributed by atoms with Gasteiger partial charge in [-0.2, -0.15) is 0 Å². The minimum absolute atomic E-state index is 0.854. The number of rotatable bonds is 0. The van der Waals surface area contributed by atoms with Gasteiger partial charge in [0.25, 0.3) is 0 Å². The van der Waals surface area contributed by atoms with Crippen molar-refractivity contribution in [3.05, 3.63) is 12.2 Å². The summed E-state index contributed by atoms with van der Waals surface area (Å²) in [7, 11) is 0. The topological polar surface area (TPSA) is 0 Å². The van der Waals surface area contributed by atoms with Gasteiger partial charge in [-0.05, 0) is 54.8 Å². The summed E-state index contributed by atoms with van der Waals surface area (Å²) in [6, 6.07) is 0. The van der Waals surface area contributed by atoms with Gasteiger partial charge in [0.05, 0.1) is 0 Å². The third kappa shape index (κ3) is 1.12. The van der Waals surface area contributed by atoms with Gasteiger partial charge in [-0.15, -0.1) is 0 Å². The van der Waals surface area contributed by atoms with Crippen LogP contribution in [0.25, 0.3) is 0 Å². The number of hydrogen-bond acceptors (Lipinski definition) is 0. The van der Waals surface area contributed by atoms with Gasteiger partial charge in [0.2, 0.25) is 0 Å². The highest BCUT2D eigenvalue weighted by Gasteiger charge is 2.47. The van der Waals surface area contributed by atoms with Crippen LogP contribution >= 0.6 is 0 Å². The van der Waals surface area contributed by atoms with Crippen LogP contribution in [0.4, 0.5) is 0 Å². The molecule has 0 aromatic heterocycles. The lowest BCUT2D eigenvalue weighted by molar-refractivity contribution is 0.0667. The lowest BCUT2D eigenvalue weighted by Crippen LogP contribution is -2.38. The largest absolute Gasteiger partial charge is 0.0851 e. The molecule has 78 valence electrons. The highest BCUT2D eigenvalue weighted by Crippen LogP contribution is 2.55. The van der Waals surface area contributed by atoms with Gasteiger partial charge in [0, 0.05) is 0 Å². The first-order valence-electron chi connectivity index (χ1n) is 6.45. The molecule has 5 unspecified atom stereocenters. The van der Waals surface area contributed by atoms with Crippen LogP contribution < -0.4 is 0 Å². The maximum Gasteiger partial charge on any atom is -0.0199 e. The Kier molecular flexibility index (Phi) is 2.00. The van der Waals surface area contributed by atoms with Crippen LogP contribution in [0, 0.1) is 35.5 Å². The molecule has 0 N–H and O–H groups in total. The van der Waals surface area contributed by atoms with Crippen molar-refractivity contribution in [2.45, 2.75) is 39.5 Å². The Labute approximate surface area is 87.8 Å². The molecule has 0 nitrogen and oxygen atoms in total. The third-order valence-corrected chi connectivity index (χ3v) is 5.27. The average molecular weight is 190 g/mol. The number of allylic oxidation sites excluding steroid dienone is 2. The minimum atomic E-state index is 0.854. The van der Waals surface area contributed by atoms with Crippen LogP contribution in [0.1, 0.15) is 39.5 Å². The van der Waals surface area contributed by atoms with E-state index in [9.17, 15) is 0 Å². The van der Waals surface area contributed by atoms with Crippen molar-refractivity contribution >= 4 is 0 Å². The number of hydrogen-bond donors (Lipinski definition) is 0. The molecule has 14 heavy (non-hydrogen) atoms. The second kappa shape index (κ2) is 3.12. The maximum absolute atomic E-state index is 2.55. The summed E-state index contributed by atoms with van der Waals surface area (Å²) in [5.41, 5.74) is 0. The third-order valence-electron chi connectivity index (χ3n) is 5.27. The van der Waals surface area contributed by atoms with E-state index in [2.05, 4.69) is 26.0 Å². The second-order valence-corrected chi connectivity index (χ2v) is 5.95. The lowest BCUT2D eigenvalue weighted by Gasteiger charge is -2.45. The molecular weight excluding hydrogens is 168 g/mol. The summed E-state index contributed by atoms with van der Waals surface area (Å²) in [6.45, 7) is 4.93. The Morgan fingerprint density at radius 1 is 0.857 bits per heavy atom. The van der Waals surface area contributed by atoms with Gasteiger partial charge >= 0.3 is 0 Å². The first-order chi connectivity index (χ1) is 6.77. The predicted octanol–water partition coefficient (Wildman–Crippen LogP) is 3.88. The van der Waals surface area contributed by atoms with Crippen molar-refractivity contribution in [1.29, 1.82) is 0 Å². The molecule has 0 heterocycles. The smallest absolute Gasteiger partial charge is 0.0199 e. The molecule has 2 saturated carbocycles. The van der Waals surface area contributed by atoms with Crippen LogP contribution in [0.3, 0.4) is 0 Å². The van der Waals surface area contributed by atoms with Gasteiger partial charge in [0.1, 0.15) is 0 Å². The van der Waals surface area contributed by atoms with Gasteiger partial charge in [-0.25, -0.2) is 0 Å². The average Bonchev–Trinajstić information content (AvgIpc) is 2.58. The first kappa shape index (κ1) is 9.00. The van der Waals surface area contributed by atoms with Crippen molar-refractivity contribution in [2.75, 3.05) is 0 Å². The van der Waals surface area contributed by atoms with E-state index in [1.165, 1.54) is 25.7 Å². The Hall–Kier alpha value is -0.260. The zero-order valence-corrected chi connectivity index (χ0v) is 9.45. The fraction of sp³-hybridized carbons (Fsp3) is 0.857. The van der Waals surface area contributed by atoms with Crippen molar-refractivity contribution in [2.24, 2.45) is 35.5 Å². The standard InChI is InChI=1S/C14H22/c1-9-3-5-11-7-8-12-6-4-10(2)13(9)14(11)12/h3,5,9-14H,4,6-8H2,1-2H3/t9-,10?,11?,12?,13?,14?/m1/s1. The zero-order valence-electron chi connectivity index (χ0n) is 9.45. The van der Waals surface area contributed by atoms with Gasteiger partial charge in [-0.3, -0.25) is 0 Å². The predicted molar refractivity (Wildman–Crippen MR) is 59.9 cm³/mol. The Morgan fingerprint density at radius 3 is 2.50 bits per heavy atom. The maximum atomic E-state index is 2.55. The highest BCUT2D eigenvalue weighted by molar-refractivity contribution is 5.10.